The van der Waals surface area contributed by atoms with Crippen molar-refractivity contribution in [3.05, 3.63) is 17.5 Å². The largest absolute Gasteiger partial charge is 0.330 e. The smallest absolute Gasteiger partial charge is 0.0750 e. The molecule has 76 valence electrons. The lowest BCUT2D eigenvalue weighted by molar-refractivity contribution is 0.756. The Morgan fingerprint density at radius 3 is 2.86 bits per heavy atom. The summed E-state index contributed by atoms with van der Waals surface area (Å²) in [5, 5.41) is 4.22. The van der Waals surface area contributed by atoms with Gasteiger partial charge in [-0.15, -0.1) is 0 Å². The number of rotatable bonds is 3. The Kier molecular flexibility index (Phi) is 4.21. The van der Waals surface area contributed by atoms with Crippen molar-refractivity contribution >= 4 is 0 Å². The Bertz CT molecular complexity index is 341. The van der Waals surface area contributed by atoms with E-state index >= 15 is 0 Å². The monoisotopic (exact) mass is 191 g/mol. The van der Waals surface area contributed by atoms with Gasteiger partial charge in [-0.25, -0.2) is 0 Å². The van der Waals surface area contributed by atoms with E-state index < -0.39 is 0 Å². The molecule has 0 aromatic carbocycles. The van der Waals surface area contributed by atoms with E-state index in [9.17, 15) is 0 Å². The maximum Gasteiger partial charge on any atom is 0.0750 e. The van der Waals surface area contributed by atoms with Crippen LogP contribution in [0.5, 0.6) is 0 Å². The minimum atomic E-state index is 0.758. The second-order valence-electron chi connectivity index (χ2n) is 3.35. The van der Waals surface area contributed by atoms with E-state index in [0.717, 1.165) is 37.1 Å². The summed E-state index contributed by atoms with van der Waals surface area (Å²) in [5.41, 5.74) is 7.41. The zero-order valence-corrected chi connectivity index (χ0v) is 8.88. The molecule has 0 aliphatic rings. The number of nitrogens with two attached hydrogens (primary N) is 1. The molecule has 0 spiro atoms. The first-order chi connectivity index (χ1) is 6.74. The molecule has 0 unspecified atom stereocenters. The van der Waals surface area contributed by atoms with Gasteiger partial charge in [0.2, 0.25) is 0 Å². The second-order valence-corrected chi connectivity index (χ2v) is 3.35. The minimum Gasteiger partial charge on any atom is -0.330 e. The lowest BCUT2D eigenvalue weighted by atomic mass is 10.2. The lowest BCUT2D eigenvalue weighted by Gasteiger charge is -1.88. The fourth-order valence-corrected chi connectivity index (χ4v) is 1.24. The highest BCUT2D eigenvalue weighted by molar-refractivity contribution is 5.35. The highest BCUT2D eigenvalue weighted by atomic mass is 15.2. The zero-order valence-electron chi connectivity index (χ0n) is 8.88. The molecule has 0 saturated carbocycles. The molecule has 3 heteroatoms. The molecule has 0 radical (unpaired) electrons. The van der Waals surface area contributed by atoms with Crippen molar-refractivity contribution in [3.8, 4) is 11.8 Å². The number of unbranched alkanes of at least 4 members (excludes halogenated alkanes) is 2. The second kappa shape index (κ2) is 5.46. The van der Waals surface area contributed by atoms with E-state index in [1.54, 1.807) is 4.68 Å². The zero-order chi connectivity index (χ0) is 10.4. The SMILES string of the molecule is Cc1nn(C)cc1C#CCCCCN. The van der Waals surface area contributed by atoms with Crippen molar-refractivity contribution in [1.82, 2.24) is 9.78 Å². The van der Waals surface area contributed by atoms with Gasteiger partial charge in [-0.1, -0.05) is 11.8 Å². The number of hydrogen-bond acceptors (Lipinski definition) is 2. The van der Waals surface area contributed by atoms with Crippen LogP contribution in [0.25, 0.3) is 0 Å². The molecular formula is C11H17N3. The summed E-state index contributed by atoms with van der Waals surface area (Å²) in [6.07, 6.45) is 5.01. The quantitative estimate of drug-likeness (QED) is 0.576. The van der Waals surface area contributed by atoms with Gasteiger partial charge >= 0.3 is 0 Å². The first-order valence-electron chi connectivity index (χ1n) is 4.93. The van der Waals surface area contributed by atoms with Gasteiger partial charge in [0.05, 0.1) is 11.3 Å². The number of nitrogens with zero attached hydrogens (tertiary/aromatic N) is 2. The summed E-state index contributed by atoms with van der Waals surface area (Å²) in [4.78, 5) is 0. The molecule has 0 bridgehead atoms. The van der Waals surface area contributed by atoms with E-state index in [4.69, 9.17) is 5.73 Å². The van der Waals surface area contributed by atoms with Crippen molar-refractivity contribution in [2.24, 2.45) is 12.8 Å². The third-order valence-electron chi connectivity index (χ3n) is 1.99. The van der Waals surface area contributed by atoms with Crippen molar-refractivity contribution in [2.75, 3.05) is 6.54 Å². The molecule has 0 atom stereocenters. The van der Waals surface area contributed by atoms with Gasteiger partial charge in [0.15, 0.2) is 0 Å². The first-order valence-corrected chi connectivity index (χ1v) is 4.93. The fraction of sp³-hybridized carbons (Fsp3) is 0.545. The van der Waals surface area contributed by atoms with Crippen LogP contribution in [0.3, 0.4) is 0 Å². The average molecular weight is 191 g/mol. The molecule has 0 saturated heterocycles. The summed E-state index contributed by atoms with van der Waals surface area (Å²) >= 11 is 0. The maximum atomic E-state index is 5.39. The predicted octanol–water partition coefficient (Wildman–Crippen LogP) is 1.21. The standard InChI is InChI=1S/C11H17N3/c1-10-11(9-14(2)13-10)7-5-3-4-6-8-12/h9H,3-4,6,8,12H2,1-2H3. The number of aromatic nitrogens is 2. The molecule has 0 fully saturated rings. The average Bonchev–Trinajstić information content (AvgIpc) is 2.45. The fourth-order valence-electron chi connectivity index (χ4n) is 1.24. The normalized spacial score (nSPS) is 9.64. The van der Waals surface area contributed by atoms with Gasteiger partial charge in [-0.05, 0) is 26.3 Å². The van der Waals surface area contributed by atoms with Crippen LogP contribution in [0.1, 0.15) is 30.5 Å². The molecule has 1 aromatic rings. The predicted molar refractivity (Wildman–Crippen MR) is 57.7 cm³/mol. The molecule has 3 nitrogen and oxygen atoms in total. The Hall–Kier alpha value is -1.27. The molecule has 1 aromatic heterocycles. The maximum absolute atomic E-state index is 5.39. The number of hydrogen-bond donors (Lipinski definition) is 1. The Morgan fingerprint density at radius 1 is 1.50 bits per heavy atom. The molecule has 1 rings (SSSR count). The van der Waals surface area contributed by atoms with Crippen LogP contribution in [-0.4, -0.2) is 16.3 Å². The van der Waals surface area contributed by atoms with Crippen molar-refractivity contribution in [3.63, 3.8) is 0 Å². The van der Waals surface area contributed by atoms with Crippen molar-refractivity contribution in [2.45, 2.75) is 26.2 Å². The van der Waals surface area contributed by atoms with E-state index in [1.807, 2.05) is 20.2 Å². The molecule has 2 N–H and O–H groups in total. The summed E-state index contributed by atoms with van der Waals surface area (Å²) < 4.78 is 1.79. The van der Waals surface area contributed by atoms with Gasteiger partial charge in [0, 0.05) is 19.7 Å². The van der Waals surface area contributed by atoms with Crippen LogP contribution < -0.4 is 5.73 Å². The first kappa shape index (κ1) is 10.8. The van der Waals surface area contributed by atoms with E-state index in [0.29, 0.717) is 0 Å². The summed E-state index contributed by atoms with van der Waals surface area (Å²) in [6.45, 7) is 2.73. The summed E-state index contributed by atoms with van der Waals surface area (Å²) in [5.74, 6) is 6.25. The molecular weight excluding hydrogens is 174 g/mol. The summed E-state index contributed by atoms with van der Waals surface area (Å²) in [7, 11) is 1.91. The van der Waals surface area contributed by atoms with E-state index in [-0.39, 0.29) is 0 Å². The van der Waals surface area contributed by atoms with Crippen LogP contribution in [-0.2, 0) is 7.05 Å². The van der Waals surface area contributed by atoms with Crippen molar-refractivity contribution in [1.29, 1.82) is 0 Å². The molecule has 1 heterocycles. The Morgan fingerprint density at radius 2 is 2.29 bits per heavy atom. The van der Waals surface area contributed by atoms with Gasteiger partial charge in [0.25, 0.3) is 0 Å². The van der Waals surface area contributed by atoms with Crippen LogP contribution in [0.4, 0.5) is 0 Å². The van der Waals surface area contributed by atoms with Crippen molar-refractivity contribution < 1.29 is 0 Å². The molecule has 0 aliphatic heterocycles. The minimum absolute atomic E-state index is 0.758. The lowest BCUT2D eigenvalue weighted by Crippen LogP contribution is -1.96. The van der Waals surface area contributed by atoms with Crippen LogP contribution >= 0.6 is 0 Å². The molecule has 0 amide bonds. The van der Waals surface area contributed by atoms with Gasteiger partial charge < -0.3 is 5.73 Å². The van der Waals surface area contributed by atoms with Gasteiger partial charge in [-0.3, -0.25) is 4.68 Å². The Balaban J connectivity index is 2.46. The third-order valence-corrected chi connectivity index (χ3v) is 1.99. The number of aryl methyl sites for hydroxylation is 2. The van der Waals surface area contributed by atoms with Crippen LogP contribution in [0.2, 0.25) is 0 Å². The van der Waals surface area contributed by atoms with Gasteiger partial charge in [-0.2, -0.15) is 5.10 Å². The Labute approximate surface area is 85.3 Å². The van der Waals surface area contributed by atoms with E-state index in [2.05, 4.69) is 16.9 Å². The van der Waals surface area contributed by atoms with E-state index in [1.165, 1.54) is 0 Å². The third kappa shape index (κ3) is 3.23. The molecule has 0 aliphatic carbocycles. The van der Waals surface area contributed by atoms with Gasteiger partial charge in [0.1, 0.15) is 0 Å². The summed E-state index contributed by atoms with van der Waals surface area (Å²) in [6, 6.07) is 0. The topological polar surface area (TPSA) is 43.8 Å². The van der Waals surface area contributed by atoms with Crippen LogP contribution in [0.15, 0.2) is 6.20 Å². The molecule has 14 heavy (non-hydrogen) atoms. The van der Waals surface area contributed by atoms with Crippen LogP contribution in [0, 0.1) is 18.8 Å². The highest BCUT2D eigenvalue weighted by Gasteiger charge is 1.97. The highest BCUT2D eigenvalue weighted by Crippen LogP contribution is 2.02.